The molecule has 1 aliphatic rings. The Balaban J connectivity index is 2.03. The topological polar surface area (TPSA) is 97.6 Å². The highest BCUT2D eigenvalue weighted by atomic mass is 79.9. The van der Waals surface area contributed by atoms with Crippen LogP contribution in [0.25, 0.3) is 6.08 Å². The molecular weight excluding hydrogens is 588 g/mol. The van der Waals surface area contributed by atoms with Crippen molar-refractivity contribution in [2.24, 2.45) is 4.99 Å². The van der Waals surface area contributed by atoms with E-state index < -0.39 is 6.04 Å². The normalized spacial score (nSPS) is 15.0. The van der Waals surface area contributed by atoms with Gasteiger partial charge in [-0.25, -0.2) is 4.99 Å². The summed E-state index contributed by atoms with van der Waals surface area (Å²) < 4.78 is 30.2. The first-order chi connectivity index (χ1) is 18.7. The first-order valence-corrected chi connectivity index (χ1v) is 13.6. The number of carbonyl (C=O) groups excluding carboxylic acids is 1. The van der Waals surface area contributed by atoms with Crippen molar-refractivity contribution in [3.05, 3.63) is 70.8 Å². The van der Waals surface area contributed by atoms with Gasteiger partial charge in [-0.15, -0.1) is 0 Å². The number of fused-ring (bicyclic) bond motifs is 1. The molecular formula is C28H29BrN2O7S. The standard InChI is InChI=1S/C28H29BrN2O7S/c1-8-18(32)24-14(2)30-28-31(25(24)16-10-21(36-5)26(38-7)22(11-16)37-6)27(33)23(39-28)12-15-9-17(29)20(35-4)13-19(15)34-3/h9-13,25H,8H2,1-7H3/b23-12-. The molecule has 11 heteroatoms. The number of Topliss-reactive ketones (excluding diaryl/α,β-unsaturated/α-hetero) is 1. The van der Waals surface area contributed by atoms with Crippen LogP contribution < -0.4 is 38.6 Å². The molecule has 0 bridgehead atoms. The molecule has 1 aromatic heterocycles. The fourth-order valence-electron chi connectivity index (χ4n) is 4.58. The average Bonchev–Trinajstić information content (AvgIpc) is 3.24. The van der Waals surface area contributed by atoms with Gasteiger partial charge < -0.3 is 23.7 Å². The third-order valence-corrected chi connectivity index (χ3v) is 8.04. The van der Waals surface area contributed by atoms with Gasteiger partial charge in [-0.2, -0.15) is 0 Å². The zero-order chi connectivity index (χ0) is 28.4. The molecule has 0 spiro atoms. The second-order valence-corrected chi connectivity index (χ2v) is 10.4. The van der Waals surface area contributed by atoms with Crippen LogP contribution in [0.3, 0.4) is 0 Å². The van der Waals surface area contributed by atoms with Crippen LogP contribution in [0.5, 0.6) is 28.7 Å². The zero-order valence-corrected chi connectivity index (χ0v) is 25.1. The summed E-state index contributed by atoms with van der Waals surface area (Å²) >= 11 is 4.74. The van der Waals surface area contributed by atoms with Gasteiger partial charge in [-0.05, 0) is 52.7 Å². The summed E-state index contributed by atoms with van der Waals surface area (Å²) in [7, 11) is 7.68. The predicted octanol–water partition coefficient (Wildman–Crippen LogP) is 4.02. The Morgan fingerprint density at radius 3 is 2.13 bits per heavy atom. The van der Waals surface area contributed by atoms with Crippen LogP contribution in [0.1, 0.15) is 37.4 Å². The molecule has 1 atom stereocenters. The highest BCUT2D eigenvalue weighted by Gasteiger charge is 2.33. The van der Waals surface area contributed by atoms with Crippen molar-refractivity contribution in [3.8, 4) is 28.7 Å². The molecule has 4 rings (SSSR count). The number of allylic oxidation sites excluding steroid dienone is 2. The zero-order valence-electron chi connectivity index (χ0n) is 22.7. The van der Waals surface area contributed by atoms with Gasteiger partial charge in [0.15, 0.2) is 22.1 Å². The molecule has 1 unspecified atom stereocenters. The molecule has 1 aliphatic heterocycles. The first kappa shape index (κ1) is 28.4. The Hall–Kier alpha value is -3.57. The summed E-state index contributed by atoms with van der Waals surface area (Å²) in [4.78, 5) is 32.4. The number of rotatable bonds is 9. The average molecular weight is 618 g/mol. The molecule has 3 aromatic rings. The monoisotopic (exact) mass is 616 g/mol. The van der Waals surface area contributed by atoms with Gasteiger partial charge in [0.05, 0.1) is 50.6 Å². The van der Waals surface area contributed by atoms with Crippen LogP contribution in [-0.2, 0) is 4.79 Å². The molecule has 39 heavy (non-hydrogen) atoms. The minimum absolute atomic E-state index is 0.106. The number of hydrogen-bond donors (Lipinski definition) is 0. The lowest BCUT2D eigenvalue weighted by molar-refractivity contribution is -0.115. The maximum absolute atomic E-state index is 14.0. The molecule has 206 valence electrons. The molecule has 2 aromatic carbocycles. The molecule has 0 saturated heterocycles. The quantitative estimate of drug-likeness (QED) is 0.358. The van der Waals surface area contributed by atoms with Crippen LogP contribution in [0.2, 0.25) is 0 Å². The van der Waals surface area contributed by atoms with E-state index in [0.29, 0.717) is 65.0 Å². The van der Waals surface area contributed by atoms with E-state index in [-0.39, 0.29) is 17.8 Å². The van der Waals surface area contributed by atoms with Gasteiger partial charge in [0, 0.05) is 29.3 Å². The van der Waals surface area contributed by atoms with Crippen molar-refractivity contribution in [1.82, 2.24) is 4.57 Å². The lowest BCUT2D eigenvalue weighted by Crippen LogP contribution is -2.39. The molecule has 0 saturated carbocycles. The summed E-state index contributed by atoms with van der Waals surface area (Å²) in [6, 6.07) is 6.34. The third kappa shape index (κ3) is 5.08. The van der Waals surface area contributed by atoms with E-state index in [1.165, 1.54) is 32.7 Å². The number of aromatic nitrogens is 1. The van der Waals surface area contributed by atoms with E-state index in [0.717, 1.165) is 0 Å². The number of hydrogen-bond acceptors (Lipinski definition) is 9. The number of benzene rings is 2. The number of ketones is 1. The van der Waals surface area contributed by atoms with Gasteiger partial charge in [-0.1, -0.05) is 18.3 Å². The number of thiazole rings is 1. The molecule has 0 N–H and O–H groups in total. The van der Waals surface area contributed by atoms with E-state index in [9.17, 15) is 9.59 Å². The summed E-state index contributed by atoms with van der Waals surface area (Å²) in [5.41, 5.74) is 2.02. The largest absolute Gasteiger partial charge is 0.496 e. The van der Waals surface area contributed by atoms with E-state index in [1.807, 2.05) is 6.07 Å². The van der Waals surface area contributed by atoms with Crippen LogP contribution in [0.4, 0.5) is 0 Å². The van der Waals surface area contributed by atoms with Gasteiger partial charge >= 0.3 is 0 Å². The van der Waals surface area contributed by atoms with Crippen molar-refractivity contribution in [2.45, 2.75) is 26.3 Å². The minimum atomic E-state index is -0.742. The van der Waals surface area contributed by atoms with Crippen LogP contribution in [0, 0.1) is 0 Å². The predicted molar refractivity (Wildman–Crippen MR) is 152 cm³/mol. The highest BCUT2D eigenvalue weighted by molar-refractivity contribution is 9.10. The molecule has 0 aliphatic carbocycles. The summed E-state index contributed by atoms with van der Waals surface area (Å²) in [6.07, 6.45) is 2.01. The number of halogens is 1. The van der Waals surface area contributed by atoms with E-state index in [1.54, 1.807) is 56.9 Å². The molecule has 0 amide bonds. The number of nitrogens with zero attached hydrogens (tertiary/aromatic N) is 2. The van der Waals surface area contributed by atoms with Gasteiger partial charge in [-0.3, -0.25) is 14.2 Å². The summed E-state index contributed by atoms with van der Waals surface area (Å²) in [5.74, 6) is 2.29. The van der Waals surface area contributed by atoms with Crippen LogP contribution in [-0.4, -0.2) is 45.9 Å². The van der Waals surface area contributed by atoms with Gasteiger partial charge in [0.25, 0.3) is 5.56 Å². The Morgan fingerprint density at radius 1 is 0.974 bits per heavy atom. The Labute approximate surface area is 238 Å². The maximum Gasteiger partial charge on any atom is 0.271 e. The summed E-state index contributed by atoms with van der Waals surface area (Å²) in [5, 5.41) is 0. The van der Waals surface area contributed by atoms with Gasteiger partial charge in [0.1, 0.15) is 11.5 Å². The van der Waals surface area contributed by atoms with Crippen LogP contribution in [0.15, 0.2) is 49.8 Å². The van der Waals surface area contributed by atoms with E-state index in [4.69, 9.17) is 23.7 Å². The Kier molecular flexibility index (Phi) is 8.51. The lowest BCUT2D eigenvalue weighted by atomic mass is 9.91. The van der Waals surface area contributed by atoms with E-state index >= 15 is 0 Å². The highest BCUT2D eigenvalue weighted by Crippen LogP contribution is 2.42. The Bertz CT molecular complexity index is 1630. The smallest absolute Gasteiger partial charge is 0.271 e. The van der Waals surface area contributed by atoms with Gasteiger partial charge in [0.2, 0.25) is 5.75 Å². The van der Waals surface area contributed by atoms with Crippen molar-refractivity contribution < 1.29 is 28.5 Å². The molecule has 9 nitrogen and oxygen atoms in total. The third-order valence-electron chi connectivity index (χ3n) is 6.44. The van der Waals surface area contributed by atoms with Crippen LogP contribution >= 0.6 is 27.3 Å². The number of ether oxygens (including phenoxy) is 5. The second-order valence-electron chi connectivity index (χ2n) is 8.55. The second kappa shape index (κ2) is 11.7. The SMILES string of the molecule is CCC(=O)C1=C(C)N=c2s/c(=C\c3cc(Br)c(OC)cc3OC)c(=O)n2C1c1cc(OC)c(OC)c(OC)c1. The van der Waals surface area contributed by atoms with Crippen molar-refractivity contribution >= 4 is 39.1 Å². The summed E-state index contributed by atoms with van der Waals surface area (Å²) in [6.45, 7) is 3.57. The number of carbonyl (C=O) groups is 1. The van der Waals surface area contributed by atoms with Crippen molar-refractivity contribution in [1.29, 1.82) is 0 Å². The van der Waals surface area contributed by atoms with Crippen molar-refractivity contribution in [3.63, 3.8) is 0 Å². The first-order valence-electron chi connectivity index (χ1n) is 12.0. The van der Waals surface area contributed by atoms with Crippen molar-refractivity contribution in [2.75, 3.05) is 35.5 Å². The molecule has 0 radical (unpaired) electrons. The minimum Gasteiger partial charge on any atom is -0.496 e. The Morgan fingerprint density at radius 2 is 1.59 bits per heavy atom. The van der Waals surface area contributed by atoms with E-state index in [2.05, 4.69) is 20.9 Å². The molecule has 2 heterocycles. The maximum atomic E-state index is 14.0. The fraction of sp³-hybridized carbons (Fsp3) is 0.321. The fourth-order valence-corrected chi connectivity index (χ4v) is 6.14. The lowest BCUT2D eigenvalue weighted by Gasteiger charge is -2.26. The number of methoxy groups -OCH3 is 5. The molecule has 0 fully saturated rings.